The smallest absolute Gasteiger partial charge is 0.262 e. The molecule has 0 aliphatic rings. The number of anilines is 1. The van der Waals surface area contributed by atoms with E-state index in [2.05, 4.69) is 10.6 Å². The Morgan fingerprint density at radius 2 is 1.64 bits per heavy atom. The van der Waals surface area contributed by atoms with Crippen LogP contribution in [0.4, 0.5) is 5.69 Å². The SMILES string of the molecule is Cc1cccc(C)c1NC(=O)CNC(=O)c1sc2ccccc2c1C. The van der Waals surface area contributed by atoms with Crippen molar-refractivity contribution < 1.29 is 9.59 Å². The molecule has 0 bridgehead atoms. The average Bonchev–Trinajstić information content (AvgIpc) is 2.93. The summed E-state index contributed by atoms with van der Waals surface area (Å²) < 4.78 is 1.07. The van der Waals surface area contributed by atoms with Gasteiger partial charge in [0.05, 0.1) is 11.4 Å². The predicted molar refractivity (Wildman–Crippen MR) is 103 cm³/mol. The van der Waals surface area contributed by atoms with Crippen LogP contribution in [0.3, 0.4) is 0 Å². The molecule has 25 heavy (non-hydrogen) atoms. The lowest BCUT2D eigenvalue weighted by atomic mass is 10.1. The number of carbonyl (C=O) groups excluding carboxylic acids is 2. The van der Waals surface area contributed by atoms with Gasteiger partial charge in [-0.3, -0.25) is 9.59 Å². The molecule has 0 atom stereocenters. The third kappa shape index (κ3) is 3.56. The van der Waals surface area contributed by atoms with Crippen LogP contribution in [0.2, 0.25) is 0 Å². The Bertz CT molecular complexity index is 939. The van der Waals surface area contributed by atoms with Gasteiger partial charge in [-0.2, -0.15) is 0 Å². The summed E-state index contributed by atoms with van der Waals surface area (Å²) in [6.07, 6.45) is 0. The van der Waals surface area contributed by atoms with Crippen molar-refractivity contribution in [2.45, 2.75) is 20.8 Å². The van der Waals surface area contributed by atoms with Crippen molar-refractivity contribution >= 4 is 38.9 Å². The third-order valence-corrected chi connectivity index (χ3v) is 5.48. The first kappa shape index (κ1) is 17.2. The molecule has 0 fully saturated rings. The zero-order valence-electron chi connectivity index (χ0n) is 14.5. The van der Waals surface area contributed by atoms with Crippen molar-refractivity contribution in [3.63, 3.8) is 0 Å². The highest BCUT2D eigenvalue weighted by molar-refractivity contribution is 7.21. The van der Waals surface area contributed by atoms with Crippen molar-refractivity contribution in [2.75, 3.05) is 11.9 Å². The summed E-state index contributed by atoms with van der Waals surface area (Å²) in [5.74, 6) is -0.445. The molecule has 1 aromatic heterocycles. The van der Waals surface area contributed by atoms with E-state index in [1.807, 2.05) is 63.2 Å². The van der Waals surface area contributed by atoms with Crippen LogP contribution in [0.5, 0.6) is 0 Å². The summed E-state index contributed by atoms with van der Waals surface area (Å²) in [6, 6.07) is 13.8. The van der Waals surface area contributed by atoms with Gasteiger partial charge in [-0.1, -0.05) is 36.4 Å². The van der Waals surface area contributed by atoms with E-state index >= 15 is 0 Å². The Kier molecular flexibility index (Phi) is 4.86. The largest absolute Gasteiger partial charge is 0.342 e. The van der Waals surface area contributed by atoms with Gasteiger partial charge in [-0.15, -0.1) is 11.3 Å². The number of hydrogen-bond acceptors (Lipinski definition) is 3. The number of thiophene rings is 1. The van der Waals surface area contributed by atoms with Crippen LogP contribution >= 0.6 is 11.3 Å². The van der Waals surface area contributed by atoms with E-state index in [0.717, 1.165) is 32.5 Å². The quantitative estimate of drug-likeness (QED) is 0.739. The molecule has 0 aliphatic heterocycles. The molecule has 0 saturated heterocycles. The molecule has 128 valence electrons. The summed E-state index contributed by atoms with van der Waals surface area (Å²) in [5.41, 5.74) is 3.76. The summed E-state index contributed by atoms with van der Waals surface area (Å²) in [7, 11) is 0. The van der Waals surface area contributed by atoms with Gasteiger partial charge < -0.3 is 10.6 Å². The Labute approximate surface area is 150 Å². The molecular formula is C20H20N2O2S. The van der Waals surface area contributed by atoms with Crippen LogP contribution in [0.1, 0.15) is 26.4 Å². The summed E-state index contributed by atoms with van der Waals surface area (Å²) in [5, 5.41) is 6.68. The maximum atomic E-state index is 12.4. The number of aryl methyl sites for hydroxylation is 3. The van der Waals surface area contributed by atoms with E-state index < -0.39 is 0 Å². The van der Waals surface area contributed by atoms with Gasteiger partial charge in [0.1, 0.15) is 0 Å². The summed E-state index contributed by atoms with van der Waals surface area (Å²) in [4.78, 5) is 25.3. The van der Waals surface area contributed by atoms with Crippen molar-refractivity contribution in [3.8, 4) is 0 Å². The minimum Gasteiger partial charge on any atom is -0.342 e. The topological polar surface area (TPSA) is 58.2 Å². The van der Waals surface area contributed by atoms with E-state index in [1.54, 1.807) is 0 Å². The number of amides is 2. The van der Waals surface area contributed by atoms with Crippen LogP contribution in [-0.4, -0.2) is 18.4 Å². The number of nitrogens with one attached hydrogen (secondary N) is 2. The molecule has 1 heterocycles. The standard InChI is InChI=1S/C20H20N2O2S/c1-12-7-6-8-13(2)18(12)22-17(23)11-21-20(24)19-14(3)15-9-4-5-10-16(15)25-19/h4-10H,11H2,1-3H3,(H,21,24)(H,22,23). The fraction of sp³-hybridized carbons (Fsp3) is 0.200. The van der Waals surface area contributed by atoms with Gasteiger partial charge in [-0.05, 0) is 48.9 Å². The second kappa shape index (κ2) is 7.07. The van der Waals surface area contributed by atoms with Gasteiger partial charge in [-0.25, -0.2) is 0 Å². The Morgan fingerprint density at radius 3 is 2.32 bits per heavy atom. The predicted octanol–water partition coefficient (Wildman–Crippen LogP) is 4.20. The monoisotopic (exact) mass is 352 g/mol. The summed E-state index contributed by atoms with van der Waals surface area (Å²) in [6.45, 7) is 5.77. The van der Waals surface area contributed by atoms with Gasteiger partial charge in [0.15, 0.2) is 0 Å². The van der Waals surface area contributed by atoms with Gasteiger partial charge in [0.2, 0.25) is 5.91 Å². The molecule has 4 nitrogen and oxygen atoms in total. The first-order chi connectivity index (χ1) is 12.0. The minimum atomic E-state index is -0.232. The lowest BCUT2D eigenvalue weighted by Gasteiger charge is -2.11. The second-order valence-corrected chi connectivity index (χ2v) is 7.10. The number of rotatable bonds is 4. The van der Waals surface area contributed by atoms with E-state index in [9.17, 15) is 9.59 Å². The van der Waals surface area contributed by atoms with Crippen LogP contribution in [-0.2, 0) is 4.79 Å². The molecule has 0 aliphatic carbocycles. The molecule has 0 radical (unpaired) electrons. The Hall–Kier alpha value is -2.66. The zero-order valence-corrected chi connectivity index (χ0v) is 15.3. The fourth-order valence-corrected chi connectivity index (χ4v) is 3.95. The molecule has 5 heteroatoms. The lowest BCUT2D eigenvalue weighted by molar-refractivity contribution is -0.115. The normalized spacial score (nSPS) is 10.7. The van der Waals surface area contributed by atoms with E-state index in [1.165, 1.54) is 11.3 Å². The van der Waals surface area contributed by atoms with E-state index in [0.29, 0.717) is 4.88 Å². The first-order valence-corrected chi connectivity index (χ1v) is 8.91. The molecule has 0 spiro atoms. The second-order valence-electron chi connectivity index (χ2n) is 6.05. The van der Waals surface area contributed by atoms with Gasteiger partial charge >= 0.3 is 0 Å². The zero-order chi connectivity index (χ0) is 18.0. The highest BCUT2D eigenvalue weighted by Crippen LogP contribution is 2.30. The molecule has 3 aromatic rings. The minimum absolute atomic E-state index is 0.0553. The number of carbonyl (C=O) groups is 2. The summed E-state index contributed by atoms with van der Waals surface area (Å²) >= 11 is 1.45. The number of hydrogen-bond donors (Lipinski definition) is 2. The Balaban J connectivity index is 1.67. The Morgan fingerprint density at radius 1 is 0.960 bits per heavy atom. The molecule has 2 N–H and O–H groups in total. The van der Waals surface area contributed by atoms with Crippen molar-refractivity contribution in [1.82, 2.24) is 5.32 Å². The molecular weight excluding hydrogens is 332 g/mol. The van der Waals surface area contributed by atoms with Crippen molar-refractivity contribution in [3.05, 3.63) is 64.0 Å². The molecule has 3 rings (SSSR count). The third-order valence-electron chi connectivity index (χ3n) is 4.20. The lowest BCUT2D eigenvalue weighted by Crippen LogP contribution is -2.33. The van der Waals surface area contributed by atoms with Crippen LogP contribution in [0.15, 0.2) is 42.5 Å². The molecule has 2 amide bonds. The van der Waals surface area contributed by atoms with Gasteiger partial charge in [0, 0.05) is 10.4 Å². The molecule has 0 saturated carbocycles. The number of benzene rings is 2. The van der Waals surface area contributed by atoms with Gasteiger partial charge in [0.25, 0.3) is 5.91 Å². The van der Waals surface area contributed by atoms with Crippen LogP contribution in [0, 0.1) is 20.8 Å². The maximum Gasteiger partial charge on any atom is 0.262 e. The number of para-hydroxylation sites is 1. The van der Waals surface area contributed by atoms with Crippen LogP contribution < -0.4 is 10.6 Å². The van der Waals surface area contributed by atoms with Crippen LogP contribution in [0.25, 0.3) is 10.1 Å². The maximum absolute atomic E-state index is 12.4. The van der Waals surface area contributed by atoms with Crippen molar-refractivity contribution in [2.24, 2.45) is 0 Å². The number of fused-ring (bicyclic) bond motifs is 1. The van der Waals surface area contributed by atoms with Crippen molar-refractivity contribution in [1.29, 1.82) is 0 Å². The van der Waals surface area contributed by atoms with E-state index in [-0.39, 0.29) is 18.4 Å². The molecule has 2 aromatic carbocycles. The average molecular weight is 352 g/mol. The highest BCUT2D eigenvalue weighted by Gasteiger charge is 2.16. The van der Waals surface area contributed by atoms with E-state index in [4.69, 9.17) is 0 Å². The fourth-order valence-electron chi connectivity index (χ4n) is 2.83. The highest BCUT2D eigenvalue weighted by atomic mass is 32.1. The molecule has 0 unspecified atom stereocenters. The first-order valence-electron chi connectivity index (χ1n) is 8.09.